The Labute approximate surface area is 208 Å². The predicted octanol–water partition coefficient (Wildman–Crippen LogP) is 6.18. The molecule has 0 saturated carbocycles. The first-order chi connectivity index (χ1) is 15.6. The van der Waals surface area contributed by atoms with Gasteiger partial charge in [0.15, 0.2) is 0 Å². The van der Waals surface area contributed by atoms with Gasteiger partial charge in [0, 0.05) is 35.1 Å². The van der Waals surface area contributed by atoms with Crippen LogP contribution in [0.1, 0.15) is 62.0 Å². The lowest BCUT2D eigenvalue weighted by atomic mass is 10.1. The van der Waals surface area contributed by atoms with E-state index in [0.29, 0.717) is 0 Å². The number of nitrogens with one attached hydrogen (secondary N) is 2. The van der Waals surface area contributed by atoms with Gasteiger partial charge in [-0.3, -0.25) is 9.80 Å². The summed E-state index contributed by atoms with van der Waals surface area (Å²) in [6, 6.07) is 16.4. The molecule has 2 fully saturated rings. The minimum Gasteiger partial charge on any atom is -0.318 e. The van der Waals surface area contributed by atoms with E-state index in [2.05, 4.69) is 76.6 Å². The molecule has 2 aromatic rings. The molecule has 2 aliphatic rings. The van der Waals surface area contributed by atoms with Gasteiger partial charge in [-0.2, -0.15) is 0 Å². The van der Waals surface area contributed by atoms with Crippen molar-refractivity contribution >= 4 is 37.9 Å². The van der Waals surface area contributed by atoms with Crippen LogP contribution in [-0.2, 0) is 0 Å². The third kappa shape index (κ3) is 6.34. The standard InChI is InChI=1S/C25H32Br2N4O/c26-21-11-7-9-19(17-21)23(30-13-3-1-4-14-30)28-25(32)29-24(31-15-5-2-6-16-31)20-10-8-12-22(27)18-20/h7-12,17-18,23-24H,1-6,13-16H2,(H2,28,29,32). The van der Waals surface area contributed by atoms with Crippen LogP contribution < -0.4 is 10.6 Å². The number of rotatable bonds is 6. The number of likely N-dealkylation sites (tertiary alicyclic amines) is 2. The van der Waals surface area contributed by atoms with Gasteiger partial charge in [-0.15, -0.1) is 0 Å². The van der Waals surface area contributed by atoms with Gasteiger partial charge in [-0.25, -0.2) is 4.79 Å². The van der Waals surface area contributed by atoms with Crippen LogP contribution in [0.2, 0.25) is 0 Å². The van der Waals surface area contributed by atoms with Crippen molar-refractivity contribution < 1.29 is 4.79 Å². The average Bonchev–Trinajstić information content (AvgIpc) is 2.82. The Kier molecular flexibility index (Phi) is 8.63. The lowest BCUT2D eigenvalue weighted by Gasteiger charge is -2.38. The zero-order valence-electron chi connectivity index (χ0n) is 18.4. The summed E-state index contributed by atoms with van der Waals surface area (Å²) in [7, 11) is 0. The number of nitrogens with zero attached hydrogens (tertiary/aromatic N) is 2. The molecule has 2 saturated heterocycles. The number of hydrogen-bond acceptors (Lipinski definition) is 3. The van der Waals surface area contributed by atoms with Crippen LogP contribution in [0.3, 0.4) is 0 Å². The van der Waals surface area contributed by atoms with E-state index in [1.165, 1.54) is 38.5 Å². The topological polar surface area (TPSA) is 47.6 Å². The maximum absolute atomic E-state index is 13.4. The Bertz CT molecular complexity index is 826. The molecule has 0 radical (unpaired) electrons. The molecule has 2 aromatic carbocycles. The first kappa shape index (κ1) is 23.7. The molecule has 2 amide bonds. The van der Waals surface area contributed by atoms with E-state index in [9.17, 15) is 4.79 Å². The van der Waals surface area contributed by atoms with Crippen LogP contribution in [0.5, 0.6) is 0 Å². The van der Waals surface area contributed by atoms with Gasteiger partial charge in [0.2, 0.25) is 0 Å². The van der Waals surface area contributed by atoms with Crippen molar-refractivity contribution in [2.45, 2.75) is 50.9 Å². The van der Waals surface area contributed by atoms with Crippen molar-refractivity contribution in [2.24, 2.45) is 0 Å². The van der Waals surface area contributed by atoms with Crippen molar-refractivity contribution in [1.82, 2.24) is 20.4 Å². The number of benzene rings is 2. The fourth-order valence-corrected chi connectivity index (χ4v) is 5.60. The molecule has 7 heteroatoms. The van der Waals surface area contributed by atoms with Crippen molar-refractivity contribution in [3.8, 4) is 0 Å². The maximum Gasteiger partial charge on any atom is 0.317 e. The quantitative estimate of drug-likeness (QED) is 0.441. The third-order valence-electron chi connectivity index (χ3n) is 6.38. The van der Waals surface area contributed by atoms with Gasteiger partial charge in [-0.05, 0) is 61.1 Å². The van der Waals surface area contributed by atoms with Crippen LogP contribution >= 0.6 is 31.9 Å². The largest absolute Gasteiger partial charge is 0.318 e. The number of halogens is 2. The summed E-state index contributed by atoms with van der Waals surface area (Å²) >= 11 is 7.18. The van der Waals surface area contributed by atoms with Gasteiger partial charge in [-0.1, -0.05) is 69.0 Å². The number of carbonyl (C=O) groups is 1. The first-order valence-corrected chi connectivity index (χ1v) is 13.2. The molecule has 2 aliphatic heterocycles. The fraction of sp³-hybridized carbons (Fsp3) is 0.480. The monoisotopic (exact) mass is 562 g/mol. The summed E-state index contributed by atoms with van der Waals surface area (Å²) < 4.78 is 2.05. The van der Waals surface area contributed by atoms with Crippen molar-refractivity contribution in [1.29, 1.82) is 0 Å². The van der Waals surface area contributed by atoms with Gasteiger partial charge in [0.05, 0.1) is 0 Å². The summed E-state index contributed by atoms with van der Waals surface area (Å²) in [5.41, 5.74) is 2.21. The molecule has 2 atom stereocenters. The van der Waals surface area contributed by atoms with E-state index < -0.39 is 0 Å². The van der Waals surface area contributed by atoms with E-state index in [0.717, 1.165) is 46.3 Å². The molecular formula is C25H32Br2N4O. The summed E-state index contributed by atoms with van der Waals surface area (Å²) in [4.78, 5) is 18.1. The highest BCUT2D eigenvalue weighted by molar-refractivity contribution is 9.10. The van der Waals surface area contributed by atoms with Crippen LogP contribution in [0.25, 0.3) is 0 Å². The highest BCUT2D eigenvalue weighted by Crippen LogP contribution is 2.27. The van der Waals surface area contributed by atoms with Gasteiger partial charge in [0.1, 0.15) is 12.3 Å². The lowest BCUT2D eigenvalue weighted by Crippen LogP contribution is -2.51. The number of urea groups is 1. The van der Waals surface area contributed by atoms with Gasteiger partial charge in [0.25, 0.3) is 0 Å². The van der Waals surface area contributed by atoms with E-state index >= 15 is 0 Å². The average molecular weight is 564 g/mol. The number of carbonyl (C=O) groups excluding carboxylic acids is 1. The molecular weight excluding hydrogens is 532 g/mol. The molecule has 4 rings (SSSR count). The third-order valence-corrected chi connectivity index (χ3v) is 7.36. The van der Waals surface area contributed by atoms with E-state index in [1.807, 2.05) is 24.3 Å². The molecule has 2 N–H and O–H groups in total. The normalized spacial score (nSPS) is 19.8. The minimum atomic E-state index is -0.141. The fourth-order valence-electron chi connectivity index (χ4n) is 4.77. The summed E-state index contributed by atoms with van der Waals surface area (Å²) in [6.45, 7) is 3.99. The van der Waals surface area contributed by atoms with Crippen LogP contribution in [0.4, 0.5) is 4.79 Å². The SMILES string of the molecule is O=C(NC(c1cccc(Br)c1)N1CCCCC1)NC(c1cccc(Br)c1)N1CCCCC1. The second-order valence-corrected chi connectivity index (χ2v) is 10.6. The van der Waals surface area contributed by atoms with E-state index in [1.54, 1.807) is 0 Å². The smallest absolute Gasteiger partial charge is 0.317 e. The van der Waals surface area contributed by atoms with Crippen LogP contribution in [0.15, 0.2) is 57.5 Å². The minimum absolute atomic E-state index is 0.129. The highest BCUT2D eigenvalue weighted by atomic mass is 79.9. The van der Waals surface area contributed by atoms with Crippen LogP contribution in [0, 0.1) is 0 Å². The molecule has 2 heterocycles. The van der Waals surface area contributed by atoms with Crippen molar-refractivity contribution in [3.63, 3.8) is 0 Å². The zero-order valence-corrected chi connectivity index (χ0v) is 21.6. The summed E-state index contributed by atoms with van der Waals surface area (Å²) in [6.07, 6.45) is 6.91. The molecule has 0 aliphatic carbocycles. The molecule has 2 unspecified atom stereocenters. The van der Waals surface area contributed by atoms with Gasteiger partial charge < -0.3 is 10.6 Å². The van der Waals surface area contributed by atoms with Crippen LogP contribution in [-0.4, -0.2) is 42.0 Å². The summed E-state index contributed by atoms with van der Waals surface area (Å²) in [5.74, 6) is 0. The predicted molar refractivity (Wildman–Crippen MR) is 136 cm³/mol. The Morgan fingerprint density at radius 3 is 1.47 bits per heavy atom. The number of piperidine rings is 2. The Morgan fingerprint density at radius 1 is 0.688 bits per heavy atom. The second-order valence-electron chi connectivity index (χ2n) is 8.73. The first-order valence-electron chi connectivity index (χ1n) is 11.7. The molecule has 0 spiro atoms. The van der Waals surface area contributed by atoms with E-state index in [-0.39, 0.29) is 18.4 Å². The lowest BCUT2D eigenvalue weighted by molar-refractivity contribution is 0.121. The number of amides is 2. The number of hydrogen-bond donors (Lipinski definition) is 2. The molecule has 5 nitrogen and oxygen atoms in total. The van der Waals surface area contributed by atoms with Crippen molar-refractivity contribution in [3.05, 3.63) is 68.6 Å². The second kappa shape index (κ2) is 11.6. The van der Waals surface area contributed by atoms with Gasteiger partial charge >= 0.3 is 6.03 Å². The Morgan fingerprint density at radius 2 is 1.09 bits per heavy atom. The molecule has 172 valence electrons. The molecule has 0 aromatic heterocycles. The maximum atomic E-state index is 13.4. The summed E-state index contributed by atoms with van der Waals surface area (Å²) in [5, 5.41) is 6.60. The van der Waals surface area contributed by atoms with Crippen molar-refractivity contribution in [2.75, 3.05) is 26.2 Å². The highest BCUT2D eigenvalue weighted by Gasteiger charge is 2.28. The van der Waals surface area contributed by atoms with E-state index in [4.69, 9.17) is 0 Å². The Balaban J connectivity index is 1.54. The Hall–Kier alpha value is -1.41. The molecule has 32 heavy (non-hydrogen) atoms. The zero-order chi connectivity index (χ0) is 22.3. The molecule has 0 bridgehead atoms.